The van der Waals surface area contributed by atoms with Crippen molar-refractivity contribution in [2.45, 2.75) is 20.8 Å². The molecule has 0 saturated heterocycles. The first-order valence-electron chi connectivity index (χ1n) is 3.12. The average Bonchev–Trinajstić information content (AvgIpc) is 1.87. The first-order valence-corrected chi connectivity index (χ1v) is 3.12. The highest BCUT2D eigenvalue weighted by atomic mass is 16.3. The van der Waals surface area contributed by atoms with Crippen molar-refractivity contribution >= 4 is 0 Å². The lowest BCUT2D eigenvalue weighted by Crippen LogP contribution is -1.86. The standard InChI is InChI=1S/C8H14O/c1-4-5-7(2)8(3)6-9/h4-5,9H,6H2,1-3H3/b5-4-,8-7-. The van der Waals surface area contributed by atoms with Crippen LogP contribution in [0, 0.1) is 0 Å². The lowest BCUT2D eigenvalue weighted by atomic mass is 10.1. The molecule has 0 radical (unpaired) electrons. The van der Waals surface area contributed by atoms with Gasteiger partial charge in [0.1, 0.15) is 0 Å². The Bertz CT molecular complexity index is 132. The molecule has 0 atom stereocenters. The fourth-order valence-electron chi connectivity index (χ4n) is 0.517. The predicted octanol–water partition coefficient (Wildman–Crippen LogP) is 1.89. The molecule has 0 bridgehead atoms. The molecule has 0 aliphatic rings. The van der Waals surface area contributed by atoms with Gasteiger partial charge < -0.3 is 5.11 Å². The topological polar surface area (TPSA) is 20.2 Å². The number of allylic oxidation sites excluding steroid dienone is 3. The molecule has 1 heteroatoms. The SMILES string of the molecule is C/C=C\C(C)=C(\C)CO. The van der Waals surface area contributed by atoms with Crippen LogP contribution >= 0.6 is 0 Å². The molecule has 0 saturated carbocycles. The van der Waals surface area contributed by atoms with E-state index in [1.54, 1.807) is 0 Å². The van der Waals surface area contributed by atoms with Crippen molar-refractivity contribution in [2.75, 3.05) is 6.61 Å². The zero-order valence-corrected chi connectivity index (χ0v) is 6.31. The van der Waals surface area contributed by atoms with Gasteiger partial charge in [0.15, 0.2) is 0 Å². The molecule has 0 spiro atoms. The van der Waals surface area contributed by atoms with E-state index in [1.165, 1.54) is 0 Å². The molecular weight excluding hydrogens is 112 g/mol. The summed E-state index contributed by atoms with van der Waals surface area (Å²) in [6, 6.07) is 0. The molecule has 0 aromatic carbocycles. The molecule has 0 heterocycles. The summed E-state index contributed by atoms with van der Waals surface area (Å²) in [5.74, 6) is 0. The van der Waals surface area contributed by atoms with Gasteiger partial charge in [-0.05, 0) is 26.3 Å². The summed E-state index contributed by atoms with van der Waals surface area (Å²) in [6.07, 6.45) is 3.96. The second kappa shape index (κ2) is 4.33. The fraction of sp³-hybridized carbons (Fsp3) is 0.500. The number of hydrogen-bond donors (Lipinski definition) is 1. The van der Waals surface area contributed by atoms with E-state index in [9.17, 15) is 0 Å². The first-order chi connectivity index (χ1) is 4.22. The third-order valence-corrected chi connectivity index (χ3v) is 1.33. The molecule has 52 valence electrons. The monoisotopic (exact) mass is 126 g/mol. The Kier molecular flexibility index (Phi) is 4.06. The molecule has 0 aliphatic carbocycles. The van der Waals surface area contributed by atoms with Crippen LogP contribution in [0.4, 0.5) is 0 Å². The third-order valence-electron chi connectivity index (χ3n) is 1.33. The van der Waals surface area contributed by atoms with Crippen LogP contribution in [0.2, 0.25) is 0 Å². The van der Waals surface area contributed by atoms with E-state index in [2.05, 4.69) is 0 Å². The molecule has 0 aromatic heterocycles. The number of hydrogen-bond acceptors (Lipinski definition) is 1. The minimum atomic E-state index is 0.163. The van der Waals surface area contributed by atoms with Gasteiger partial charge >= 0.3 is 0 Å². The Morgan fingerprint density at radius 2 is 2.00 bits per heavy atom. The molecule has 0 aliphatic heterocycles. The fourth-order valence-corrected chi connectivity index (χ4v) is 0.517. The van der Waals surface area contributed by atoms with Gasteiger partial charge in [0.05, 0.1) is 6.61 Å². The van der Waals surface area contributed by atoms with Gasteiger partial charge in [-0.25, -0.2) is 0 Å². The summed E-state index contributed by atoms with van der Waals surface area (Å²) in [4.78, 5) is 0. The summed E-state index contributed by atoms with van der Waals surface area (Å²) >= 11 is 0. The van der Waals surface area contributed by atoms with E-state index in [4.69, 9.17) is 5.11 Å². The van der Waals surface area contributed by atoms with Gasteiger partial charge in [-0.3, -0.25) is 0 Å². The normalized spacial score (nSPS) is 14.2. The summed E-state index contributed by atoms with van der Waals surface area (Å²) < 4.78 is 0. The number of rotatable bonds is 2. The van der Waals surface area contributed by atoms with E-state index in [1.807, 2.05) is 32.9 Å². The molecule has 0 aromatic rings. The van der Waals surface area contributed by atoms with Crippen LogP contribution in [-0.4, -0.2) is 11.7 Å². The highest BCUT2D eigenvalue weighted by molar-refractivity contribution is 5.21. The van der Waals surface area contributed by atoms with Crippen molar-refractivity contribution in [3.05, 3.63) is 23.3 Å². The first kappa shape index (κ1) is 8.44. The lowest BCUT2D eigenvalue weighted by molar-refractivity contribution is 0.330. The van der Waals surface area contributed by atoms with Crippen LogP contribution in [0.5, 0.6) is 0 Å². The van der Waals surface area contributed by atoms with E-state index in [0.29, 0.717) is 0 Å². The van der Waals surface area contributed by atoms with Crippen LogP contribution in [0.1, 0.15) is 20.8 Å². The molecule has 0 rings (SSSR count). The highest BCUT2D eigenvalue weighted by Crippen LogP contribution is 2.02. The maximum Gasteiger partial charge on any atom is 0.0644 e. The van der Waals surface area contributed by atoms with Crippen LogP contribution < -0.4 is 0 Å². The molecular formula is C8H14O. The molecule has 1 nitrogen and oxygen atoms in total. The zero-order chi connectivity index (χ0) is 7.28. The third kappa shape index (κ3) is 3.09. The maximum atomic E-state index is 8.64. The van der Waals surface area contributed by atoms with Crippen molar-refractivity contribution in [1.82, 2.24) is 0 Å². The highest BCUT2D eigenvalue weighted by Gasteiger charge is 1.87. The van der Waals surface area contributed by atoms with E-state index >= 15 is 0 Å². The van der Waals surface area contributed by atoms with Crippen molar-refractivity contribution < 1.29 is 5.11 Å². The van der Waals surface area contributed by atoms with E-state index in [-0.39, 0.29) is 6.61 Å². The van der Waals surface area contributed by atoms with Crippen molar-refractivity contribution in [2.24, 2.45) is 0 Å². The molecule has 0 fully saturated rings. The Hall–Kier alpha value is -0.560. The van der Waals surface area contributed by atoms with Crippen LogP contribution in [0.15, 0.2) is 23.3 Å². The summed E-state index contributed by atoms with van der Waals surface area (Å²) in [7, 11) is 0. The molecule has 0 amide bonds. The van der Waals surface area contributed by atoms with Crippen molar-refractivity contribution in [1.29, 1.82) is 0 Å². The Morgan fingerprint density at radius 3 is 2.33 bits per heavy atom. The lowest BCUT2D eigenvalue weighted by Gasteiger charge is -1.96. The minimum Gasteiger partial charge on any atom is -0.392 e. The summed E-state index contributed by atoms with van der Waals surface area (Å²) in [6.45, 7) is 6.05. The predicted molar refractivity (Wildman–Crippen MR) is 40.3 cm³/mol. The van der Waals surface area contributed by atoms with Gasteiger partial charge in [0.25, 0.3) is 0 Å². The van der Waals surface area contributed by atoms with E-state index in [0.717, 1.165) is 11.1 Å². The van der Waals surface area contributed by atoms with Gasteiger partial charge in [0, 0.05) is 0 Å². The van der Waals surface area contributed by atoms with Crippen LogP contribution in [0.3, 0.4) is 0 Å². The zero-order valence-electron chi connectivity index (χ0n) is 6.31. The van der Waals surface area contributed by atoms with Crippen molar-refractivity contribution in [3.63, 3.8) is 0 Å². The smallest absolute Gasteiger partial charge is 0.0644 e. The number of aliphatic hydroxyl groups excluding tert-OH is 1. The van der Waals surface area contributed by atoms with E-state index < -0.39 is 0 Å². The van der Waals surface area contributed by atoms with Gasteiger partial charge in [-0.15, -0.1) is 0 Å². The van der Waals surface area contributed by atoms with Gasteiger partial charge in [-0.1, -0.05) is 17.7 Å². The van der Waals surface area contributed by atoms with Gasteiger partial charge in [0.2, 0.25) is 0 Å². The van der Waals surface area contributed by atoms with Gasteiger partial charge in [-0.2, -0.15) is 0 Å². The Balaban J connectivity index is 4.10. The summed E-state index contributed by atoms with van der Waals surface area (Å²) in [5, 5.41) is 8.64. The quantitative estimate of drug-likeness (QED) is 0.560. The Labute approximate surface area is 56.7 Å². The molecule has 0 unspecified atom stereocenters. The van der Waals surface area contributed by atoms with Crippen LogP contribution in [0.25, 0.3) is 0 Å². The summed E-state index contributed by atoms with van der Waals surface area (Å²) in [5.41, 5.74) is 2.19. The number of aliphatic hydroxyl groups is 1. The molecule has 1 N–H and O–H groups in total. The van der Waals surface area contributed by atoms with Crippen molar-refractivity contribution in [3.8, 4) is 0 Å². The van der Waals surface area contributed by atoms with Crippen LogP contribution in [-0.2, 0) is 0 Å². The Morgan fingerprint density at radius 1 is 1.44 bits per heavy atom. The largest absolute Gasteiger partial charge is 0.392 e. The average molecular weight is 126 g/mol. The second-order valence-electron chi connectivity index (χ2n) is 2.12. The molecule has 9 heavy (non-hydrogen) atoms. The maximum absolute atomic E-state index is 8.64. The second-order valence-corrected chi connectivity index (χ2v) is 2.12. The minimum absolute atomic E-state index is 0.163.